The van der Waals surface area contributed by atoms with E-state index in [4.69, 9.17) is 5.11 Å². The average Bonchev–Trinajstić information content (AvgIpc) is 2.96. The molecule has 0 saturated heterocycles. The van der Waals surface area contributed by atoms with E-state index < -0.39 is 5.97 Å². The maximum atomic E-state index is 12.2. The quantitative estimate of drug-likeness (QED) is 0.693. The summed E-state index contributed by atoms with van der Waals surface area (Å²) in [4.78, 5) is 22.6. The second kappa shape index (κ2) is 8.86. The highest BCUT2D eigenvalue weighted by Gasteiger charge is 2.12. The molecule has 0 aliphatic heterocycles. The normalized spacial score (nSPS) is 10.5. The third-order valence-electron chi connectivity index (χ3n) is 3.72. The number of carboxylic acids is 1. The van der Waals surface area contributed by atoms with Crippen LogP contribution in [0, 0.1) is 6.92 Å². The third-order valence-corrected chi connectivity index (χ3v) is 3.72. The Labute approximate surface area is 141 Å². The molecule has 2 rings (SSSR count). The van der Waals surface area contributed by atoms with Gasteiger partial charge in [0.1, 0.15) is 0 Å². The Balaban J connectivity index is 1.78. The van der Waals surface area contributed by atoms with Crippen LogP contribution >= 0.6 is 0 Å². The molecule has 0 atom stereocenters. The predicted octanol–water partition coefficient (Wildman–Crippen LogP) is 2.95. The molecule has 2 aromatic rings. The van der Waals surface area contributed by atoms with Crippen molar-refractivity contribution in [1.82, 2.24) is 15.1 Å². The van der Waals surface area contributed by atoms with Crippen LogP contribution in [0.3, 0.4) is 0 Å². The van der Waals surface area contributed by atoms with Gasteiger partial charge >= 0.3 is 5.97 Å². The van der Waals surface area contributed by atoms with Crippen molar-refractivity contribution >= 4 is 11.9 Å². The van der Waals surface area contributed by atoms with Crippen LogP contribution in [0.2, 0.25) is 0 Å². The van der Waals surface area contributed by atoms with Crippen molar-refractivity contribution in [3.63, 3.8) is 0 Å². The van der Waals surface area contributed by atoms with Gasteiger partial charge in [-0.1, -0.05) is 31.0 Å². The lowest BCUT2D eigenvalue weighted by Crippen LogP contribution is -2.25. The Morgan fingerprint density at radius 3 is 2.54 bits per heavy atom. The highest BCUT2D eigenvalue weighted by Crippen LogP contribution is 2.11. The molecular weight excluding hydrogens is 306 g/mol. The largest absolute Gasteiger partial charge is 0.481 e. The maximum Gasteiger partial charge on any atom is 0.303 e. The number of aryl methyl sites for hydroxylation is 1. The van der Waals surface area contributed by atoms with Crippen LogP contribution in [0.15, 0.2) is 36.4 Å². The second-order valence-electron chi connectivity index (χ2n) is 5.73. The lowest BCUT2D eigenvalue weighted by Gasteiger charge is -2.04. The Kier molecular flexibility index (Phi) is 6.54. The SMILES string of the molecule is Cc1cc(C(=O)NCCCCCCC(=O)O)nn1-c1ccccc1. The fourth-order valence-electron chi connectivity index (χ4n) is 2.46. The molecule has 0 radical (unpaired) electrons. The van der Waals surface area contributed by atoms with Gasteiger partial charge in [-0.05, 0) is 38.0 Å². The van der Waals surface area contributed by atoms with Crippen molar-refractivity contribution in [2.24, 2.45) is 0 Å². The zero-order chi connectivity index (χ0) is 17.4. The van der Waals surface area contributed by atoms with Crippen molar-refractivity contribution in [3.05, 3.63) is 47.8 Å². The van der Waals surface area contributed by atoms with E-state index in [1.807, 2.05) is 37.3 Å². The number of carbonyl (C=O) groups excluding carboxylic acids is 1. The molecule has 0 unspecified atom stereocenters. The van der Waals surface area contributed by atoms with Gasteiger partial charge < -0.3 is 10.4 Å². The van der Waals surface area contributed by atoms with Crippen LogP contribution in [0.5, 0.6) is 0 Å². The zero-order valence-electron chi connectivity index (χ0n) is 13.9. The van der Waals surface area contributed by atoms with Gasteiger partial charge in [-0.25, -0.2) is 4.68 Å². The second-order valence-corrected chi connectivity index (χ2v) is 5.73. The number of carbonyl (C=O) groups is 2. The summed E-state index contributed by atoms with van der Waals surface area (Å²) in [6.45, 7) is 2.49. The van der Waals surface area contributed by atoms with E-state index in [1.165, 1.54) is 0 Å². The molecule has 1 aromatic heterocycles. The first-order valence-electron chi connectivity index (χ1n) is 8.20. The lowest BCUT2D eigenvalue weighted by molar-refractivity contribution is -0.137. The Bertz CT molecular complexity index is 680. The number of carboxylic acid groups (broad SMARTS) is 1. The predicted molar refractivity (Wildman–Crippen MR) is 91.4 cm³/mol. The van der Waals surface area contributed by atoms with Gasteiger partial charge in [-0.2, -0.15) is 5.10 Å². The van der Waals surface area contributed by atoms with Gasteiger partial charge in [0.2, 0.25) is 0 Å². The molecule has 0 bridgehead atoms. The summed E-state index contributed by atoms with van der Waals surface area (Å²) in [5.74, 6) is -0.939. The first-order valence-corrected chi connectivity index (χ1v) is 8.20. The molecule has 128 valence electrons. The first kappa shape index (κ1) is 17.7. The highest BCUT2D eigenvalue weighted by molar-refractivity contribution is 5.92. The van der Waals surface area contributed by atoms with Gasteiger partial charge in [0.15, 0.2) is 5.69 Å². The molecule has 0 spiro atoms. The van der Waals surface area contributed by atoms with Gasteiger partial charge in [-0.3, -0.25) is 9.59 Å². The summed E-state index contributed by atoms with van der Waals surface area (Å²) >= 11 is 0. The van der Waals surface area contributed by atoms with Crippen molar-refractivity contribution in [1.29, 1.82) is 0 Å². The van der Waals surface area contributed by atoms with Crippen LogP contribution in [0.4, 0.5) is 0 Å². The number of aromatic nitrogens is 2. The van der Waals surface area contributed by atoms with E-state index in [-0.39, 0.29) is 12.3 Å². The maximum absolute atomic E-state index is 12.2. The minimum atomic E-state index is -0.757. The number of amides is 1. The topological polar surface area (TPSA) is 84.2 Å². The lowest BCUT2D eigenvalue weighted by atomic mass is 10.1. The first-order chi connectivity index (χ1) is 11.6. The number of hydrogen-bond donors (Lipinski definition) is 2. The van der Waals surface area contributed by atoms with E-state index in [0.29, 0.717) is 18.7 Å². The summed E-state index contributed by atoms with van der Waals surface area (Å²) in [7, 11) is 0. The van der Waals surface area contributed by atoms with E-state index in [1.54, 1.807) is 10.7 Å². The van der Waals surface area contributed by atoms with Gasteiger partial charge in [0.25, 0.3) is 5.91 Å². The number of unbranched alkanes of at least 4 members (excludes halogenated alkanes) is 3. The highest BCUT2D eigenvalue weighted by atomic mass is 16.4. The van der Waals surface area contributed by atoms with Crippen LogP contribution < -0.4 is 5.32 Å². The van der Waals surface area contributed by atoms with Crippen LogP contribution in [0.1, 0.15) is 48.3 Å². The smallest absolute Gasteiger partial charge is 0.303 e. The third kappa shape index (κ3) is 5.22. The fourth-order valence-corrected chi connectivity index (χ4v) is 2.46. The molecule has 0 aliphatic rings. The van der Waals surface area contributed by atoms with E-state index in [2.05, 4.69) is 10.4 Å². The number of benzene rings is 1. The molecule has 2 N–H and O–H groups in total. The molecule has 1 heterocycles. The van der Waals surface area contributed by atoms with Crippen molar-refractivity contribution in [3.8, 4) is 5.69 Å². The summed E-state index contributed by atoms with van der Waals surface area (Å²) < 4.78 is 1.75. The summed E-state index contributed by atoms with van der Waals surface area (Å²) in [5.41, 5.74) is 2.23. The Hall–Kier alpha value is -2.63. The molecule has 1 aromatic carbocycles. The number of nitrogens with one attached hydrogen (secondary N) is 1. The molecule has 24 heavy (non-hydrogen) atoms. The summed E-state index contributed by atoms with van der Waals surface area (Å²) in [6.07, 6.45) is 3.51. The standard InChI is InChI=1S/C18H23N3O3/c1-14-13-16(20-21(14)15-9-5-4-6-10-15)18(24)19-12-8-3-2-7-11-17(22)23/h4-6,9-10,13H,2-3,7-8,11-12H2,1H3,(H,19,24)(H,22,23). The van der Waals surface area contributed by atoms with Crippen molar-refractivity contribution in [2.75, 3.05) is 6.54 Å². The van der Waals surface area contributed by atoms with Crippen LogP contribution in [-0.2, 0) is 4.79 Å². The van der Waals surface area contributed by atoms with E-state index in [9.17, 15) is 9.59 Å². The summed E-state index contributed by atoms with van der Waals surface area (Å²) in [5, 5.41) is 15.8. The molecule has 0 aliphatic carbocycles. The number of hydrogen-bond acceptors (Lipinski definition) is 3. The molecule has 6 nitrogen and oxygen atoms in total. The van der Waals surface area contributed by atoms with Crippen LogP contribution in [-0.4, -0.2) is 33.3 Å². The Morgan fingerprint density at radius 1 is 1.12 bits per heavy atom. The number of nitrogens with zero attached hydrogens (tertiary/aromatic N) is 2. The molecule has 0 fully saturated rings. The number of rotatable bonds is 9. The average molecular weight is 329 g/mol. The van der Waals surface area contributed by atoms with Crippen LogP contribution in [0.25, 0.3) is 5.69 Å². The fraction of sp³-hybridized carbons (Fsp3) is 0.389. The zero-order valence-corrected chi connectivity index (χ0v) is 13.9. The minimum Gasteiger partial charge on any atom is -0.481 e. The van der Waals surface area contributed by atoms with Gasteiger partial charge in [-0.15, -0.1) is 0 Å². The molecule has 6 heteroatoms. The monoisotopic (exact) mass is 329 g/mol. The minimum absolute atomic E-state index is 0.182. The molecule has 1 amide bonds. The van der Waals surface area contributed by atoms with Gasteiger partial charge in [0.05, 0.1) is 5.69 Å². The van der Waals surface area contributed by atoms with Gasteiger partial charge in [0, 0.05) is 18.7 Å². The number of aliphatic carboxylic acids is 1. The van der Waals surface area contributed by atoms with Crippen molar-refractivity contribution < 1.29 is 14.7 Å². The van der Waals surface area contributed by atoms with Crippen molar-refractivity contribution in [2.45, 2.75) is 39.0 Å². The van der Waals surface area contributed by atoms with E-state index >= 15 is 0 Å². The molecular formula is C18H23N3O3. The Morgan fingerprint density at radius 2 is 1.83 bits per heavy atom. The molecule has 0 saturated carbocycles. The number of para-hydroxylation sites is 1. The summed E-state index contributed by atoms with van der Waals surface area (Å²) in [6, 6.07) is 11.5. The van der Waals surface area contributed by atoms with E-state index in [0.717, 1.165) is 30.6 Å².